The Bertz CT molecular complexity index is 673. The third-order valence-electron chi connectivity index (χ3n) is 2.79. The molecule has 2 rings (SSSR count). The maximum atomic E-state index is 11.0. The zero-order valence-corrected chi connectivity index (χ0v) is 13.2. The van der Waals surface area contributed by atoms with E-state index in [0.29, 0.717) is 16.0 Å². The summed E-state index contributed by atoms with van der Waals surface area (Å²) in [6.45, 7) is 2.17. The minimum absolute atomic E-state index is 0.125. The van der Waals surface area contributed by atoms with Crippen LogP contribution in [0.15, 0.2) is 34.8 Å². The van der Waals surface area contributed by atoms with Crippen LogP contribution in [0, 0.1) is 6.92 Å². The Morgan fingerprint density at radius 3 is 2.76 bits per heavy atom. The highest BCUT2D eigenvalue weighted by atomic mass is 79.9. The summed E-state index contributed by atoms with van der Waals surface area (Å²) in [7, 11) is 1.46. The summed E-state index contributed by atoms with van der Waals surface area (Å²) in [5.74, 6) is -0.221. The zero-order valence-electron chi connectivity index (χ0n) is 11.6. The average Bonchev–Trinajstić information content (AvgIpc) is 2.45. The van der Waals surface area contributed by atoms with E-state index in [1.165, 1.54) is 19.2 Å². The highest BCUT2D eigenvalue weighted by molar-refractivity contribution is 9.10. The first-order valence-electron chi connectivity index (χ1n) is 6.17. The van der Waals surface area contributed by atoms with Crippen molar-refractivity contribution < 1.29 is 19.4 Å². The predicted octanol–water partition coefficient (Wildman–Crippen LogP) is 3.44. The van der Waals surface area contributed by atoms with Crippen LogP contribution in [0.1, 0.15) is 21.7 Å². The third-order valence-corrected chi connectivity index (χ3v) is 3.38. The van der Waals surface area contributed by atoms with Crippen molar-refractivity contribution >= 4 is 21.9 Å². The van der Waals surface area contributed by atoms with Crippen LogP contribution in [0.5, 0.6) is 11.5 Å². The van der Waals surface area contributed by atoms with Gasteiger partial charge in [0, 0.05) is 5.69 Å². The number of nitrogens with zero attached hydrogens (tertiary/aromatic N) is 1. The van der Waals surface area contributed by atoms with Gasteiger partial charge in [-0.3, -0.25) is 4.98 Å². The summed E-state index contributed by atoms with van der Waals surface area (Å²) < 4.78 is 11.4. The number of aromatic carboxylic acids is 1. The molecule has 0 fully saturated rings. The first-order chi connectivity index (χ1) is 10.0. The molecule has 0 spiro atoms. The molecule has 0 bridgehead atoms. The van der Waals surface area contributed by atoms with Gasteiger partial charge in [-0.15, -0.1) is 0 Å². The number of aromatic nitrogens is 1. The van der Waals surface area contributed by atoms with Gasteiger partial charge < -0.3 is 14.6 Å². The van der Waals surface area contributed by atoms with Gasteiger partial charge in [-0.05, 0) is 47.1 Å². The number of hydrogen-bond acceptors (Lipinski definition) is 4. The zero-order chi connectivity index (χ0) is 15.4. The van der Waals surface area contributed by atoms with Gasteiger partial charge in [0.1, 0.15) is 6.61 Å². The lowest BCUT2D eigenvalue weighted by atomic mass is 10.2. The second kappa shape index (κ2) is 6.58. The average molecular weight is 352 g/mol. The monoisotopic (exact) mass is 351 g/mol. The second-order valence-corrected chi connectivity index (χ2v) is 5.21. The van der Waals surface area contributed by atoms with Crippen LogP contribution in [0.4, 0.5) is 0 Å². The van der Waals surface area contributed by atoms with E-state index in [1.807, 2.05) is 25.1 Å². The quantitative estimate of drug-likeness (QED) is 0.893. The van der Waals surface area contributed by atoms with E-state index in [-0.39, 0.29) is 12.2 Å². The molecule has 21 heavy (non-hydrogen) atoms. The number of carboxylic acids is 1. The fourth-order valence-corrected chi connectivity index (χ4v) is 2.37. The first-order valence-corrected chi connectivity index (χ1v) is 6.96. The summed E-state index contributed by atoms with van der Waals surface area (Å²) in [6.07, 6.45) is 0. The van der Waals surface area contributed by atoms with Gasteiger partial charge in [-0.25, -0.2) is 4.79 Å². The van der Waals surface area contributed by atoms with Crippen molar-refractivity contribution in [1.82, 2.24) is 4.98 Å². The molecular formula is C15H14BrNO4. The standard InChI is InChI=1S/C15H14BrNO4/c1-9-4-3-5-11(17-9)8-21-14-12(16)6-10(15(18)19)7-13(14)20-2/h3-7H,8H2,1-2H3,(H,18,19). The Balaban J connectivity index is 2.25. The lowest BCUT2D eigenvalue weighted by Gasteiger charge is -2.13. The molecule has 0 aliphatic heterocycles. The Labute approximate surface area is 130 Å². The molecule has 0 amide bonds. The van der Waals surface area contributed by atoms with Crippen LogP contribution in [0.25, 0.3) is 0 Å². The van der Waals surface area contributed by atoms with Crippen molar-refractivity contribution in [1.29, 1.82) is 0 Å². The van der Waals surface area contributed by atoms with Gasteiger partial charge in [-0.2, -0.15) is 0 Å². The number of hydrogen-bond donors (Lipinski definition) is 1. The fraction of sp³-hybridized carbons (Fsp3) is 0.200. The highest BCUT2D eigenvalue weighted by Crippen LogP contribution is 2.37. The first kappa shape index (κ1) is 15.3. The van der Waals surface area contributed by atoms with Crippen LogP contribution >= 0.6 is 15.9 Å². The Morgan fingerprint density at radius 2 is 2.14 bits per heavy atom. The van der Waals surface area contributed by atoms with Crippen LogP contribution in [0.2, 0.25) is 0 Å². The minimum atomic E-state index is -1.03. The molecule has 1 heterocycles. The van der Waals surface area contributed by atoms with Gasteiger partial charge >= 0.3 is 5.97 Å². The highest BCUT2D eigenvalue weighted by Gasteiger charge is 2.15. The predicted molar refractivity (Wildman–Crippen MR) is 81.0 cm³/mol. The maximum Gasteiger partial charge on any atom is 0.335 e. The molecule has 0 unspecified atom stereocenters. The second-order valence-electron chi connectivity index (χ2n) is 4.35. The summed E-state index contributed by atoms with van der Waals surface area (Å²) in [5, 5.41) is 9.03. The number of methoxy groups -OCH3 is 1. The van der Waals surface area contributed by atoms with Crippen LogP contribution < -0.4 is 9.47 Å². The molecule has 1 N–H and O–H groups in total. The van der Waals surface area contributed by atoms with Crippen LogP contribution in [0.3, 0.4) is 0 Å². The number of carboxylic acid groups (broad SMARTS) is 1. The molecule has 0 saturated carbocycles. The molecule has 0 radical (unpaired) electrons. The van der Waals surface area contributed by atoms with Crippen LogP contribution in [-0.2, 0) is 6.61 Å². The van der Waals surface area contributed by atoms with Crippen molar-refractivity contribution in [3.63, 3.8) is 0 Å². The normalized spacial score (nSPS) is 10.2. The Morgan fingerprint density at radius 1 is 1.38 bits per heavy atom. The molecule has 1 aromatic heterocycles. The van der Waals surface area contributed by atoms with E-state index in [2.05, 4.69) is 20.9 Å². The number of carbonyl (C=O) groups is 1. The van der Waals surface area contributed by atoms with Crippen molar-refractivity contribution in [3.05, 3.63) is 51.8 Å². The molecule has 0 aliphatic rings. The molecule has 1 aromatic carbocycles. The van der Waals surface area contributed by atoms with E-state index in [9.17, 15) is 4.79 Å². The Hall–Kier alpha value is -2.08. The van der Waals surface area contributed by atoms with Gasteiger partial charge in [0.05, 0.1) is 22.8 Å². The lowest BCUT2D eigenvalue weighted by molar-refractivity contribution is 0.0696. The van der Waals surface area contributed by atoms with E-state index >= 15 is 0 Å². The number of benzene rings is 1. The number of pyridine rings is 1. The van der Waals surface area contributed by atoms with E-state index in [1.54, 1.807) is 0 Å². The van der Waals surface area contributed by atoms with Crippen LogP contribution in [-0.4, -0.2) is 23.2 Å². The molecule has 0 atom stereocenters. The third kappa shape index (κ3) is 3.72. The van der Waals surface area contributed by atoms with Gasteiger partial charge in [-0.1, -0.05) is 6.07 Å². The van der Waals surface area contributed by atoms with Gasteiger partial charge in [0.2, 0.25) is 0 Å². The summed E-state index contributed by atoms with van der Waals surface area (Å²) in [5.41, 5.74) is 1.81. The van der Waals surface area contributed by atoms with Crippen molar-refractivity contribution in [3.8, 4) is 11.5 Å². The number of aryl methyl sites for hydroxylation is 1. The van der Waals surface area contributed by atoms with E-state index in [0.717, 1.165) is 11.4 Å². The van der Waals surface area contributed by atoms with Crippen molar-refractivity contribution in [2.45, 2.75) is 13.5 Å². The fourth-order valence-electron chi connectivity index (χ4n) is 1.81. The van der Waals surface area contributed by atoms with E-state index in [4.69, 9.17) is 14.6 Å². The lowest BCUT2D eigenvalue weighted by Crippen LogP contribution is -2.03. The van der Waals surface area contributed by atoms with Crippen molar-refractivity contribution in [2.75, 3.05) is 7.11 Å². The largest absolute Gasteiger partial charge is 0.493 e. The van der Waals surface area contributed by atoms with Gasteiger partial charge in [0.15, 0.2) is 11.5 Å². The molecule has 0 saturated heterocycles. The van der Waals surface area contributed by atoms with Gasteiger partial charge in [0.25, 0.3) is 0 Å². The number of ether oxygens (including phenoxy) is 2. The summed E-state index contributed by atoms with van der Waals surface area (Å²) in [4.78, 5) is 15.4. The van der Waals surface area contributed by atoms with Crippen molar-refractivity contribution in [2.24, 2.45) is 0 Å². The summed E-state index contributed by atoms with van der Waals surface area (Å²) >= 11 is 3.31. The molecule has 6 heteroatoms. The SMILES string of the molecule is COc1cc(C(=O)O)cc(Br)c1OCc1cccc(C)n1. The number of halogens is 1. The summed E-state index contributed by atoms with van der Waals surface area (Å²) in [6, 6.07) is 8.57. The molecule has 0 aliphatic carbocycles. The molecular weight excluding hydrogens is 338 g/mol. The molecule has 5 nitrogen and oxygen atoms in total. The smallest absolute Gasteiger partial charge is 0.335 e. The van der Waals surface area contributed by atoms with E-state index < -0.39 is 5.97 Å². The molecule has 110 valence electrons. The minimum Gasteiger partial charge on any atom is -0.493 e. The molecule has 2 aromatic rings. The Kier molecular flexibility index (Phi) is 4.80. The topological polar surface area (TPSA) is 68.7 Å². The number of rotatable bonds is 5. The maximum absolute atomic E-state index is 11.0.